The van der Waals surface area contributed by atoms with Crippen molar-refractivity contribution in [3.63, 3.8) is 0 Å². The van der Waals surface area contributed by atoms with Crippen molar-refractivity contribution in [2.75, 3.05) is 6.54 Å². The first-order chi connectivity index (χ1) is 15.6. The first-order valence-electron chi connectivity index (χ1n) is 10.8. The van der Waals surface area contributed by atoms with Gasteiger partial charge in [0.1, 0.15) is 5.82 Å². The molecule has 4 rings (SSSR count). The molecule has 1 heterocycles. The molecule has 0 saturated carbocycles. The van der Waals surface area contributed by atoms with Crippen LogP contribution < -0.4 is 5.32 Å². The zero-order chi connectivity index (χ0) is 22.3. The molecule has 1 amide bonds. The molecule has 0 unspecified atom stereocenters. The number of halogens is 2. The summed E-state index contributed by atoms with van der Waals surface area (Å²) >= 11 is 12.5. The van der Waals surface area contributed by atoms with E-state index < -0.39 is 0 Å². The van der Waals surface area contributed by atoms with Gasteiger partial charge < -0.3 is 9.88 Å². The van der Waals surface area contributed by atoms with Gasteiger partial charge in [-0.15, -0.1) is 0 Å². The van der Waals surface area contributed by atoms with Gasteiger partial charge in [0, 0.05) is 28.6 Å². The van der Waals surface area contributed by atoms with E-state index in [1.165, 1.54) is 0 Å². The van der Waals surface area contributed by atoms with Crippen LogP contribution in [0.5, 0.6) is 0 Å². The van der Waals surface area contributed by atoms with Crippen molar-refractivity contribution in [1.29, 1.82) is 0 Å². The second kappa shape index (κ2) is 10.7. The zero-order valence-corrected chi connectivity index (χ0v) is 19.2. The molecular weight excluding hydrogens is 441 g/mol. The number of aryl methyl sites for hydroxylation is 1. The van der Waals surface area contributed by atoms with Gasteiger partial charge in [0.15, 0.2) is 0 Å². The first-order valence-corrected chi connectivity index (χ1v) is 11.6. The number of fused-ring (bicyclic) bond motifs is 1. The number of aromatic nitrogens is 2. The molecule has 0 bridgehead atoms. The predicted octanol–water partition coefficient (Wildman–Crippen LogP) is 6.53. The van der Waals surface area contributed by atoms with E-state index in [2.05, 4.69) is 16.0 Å². The smallest absolute Gasteiger partial charge is 0.251 e. The lowest BCUT2D eigenvalue weighted by atomic mass is 10.1. The Bertz CT molecular complexity index is 1200. The average molecular weight is 466 g/mol. The Morgan fingerprint density at radius 1 is 0.906 bits per heavy atom. The Morgan fingerprint density at radius 3 is 2.50 bits per heavy atom. The predicted molar refractivity (Wildman–Crippen MR) is 132 cm³/mol. The largest absolute Gasteiger partial charge is 0.352 e. The number of nitrogens with zero attached hydrogens (tertiary/aromatic N) is 2. The van der Waals surface area contributed by atoms with Gasteiger partial charge in [-0.1, -0.05) is 66.0 Å². The zero-order valence-electron chi connectivity index (χ0n) is 17.7. The molecule has 0 saturated heterocycles. The van der Waals surface area contributed by atoms with Crippen molar-refractivity contribution in [2.24, 2.45) is 0 Å². The third-order valence-electron chi connectivity index (χ3n) is 5.48. The number of carbonyl (C=O) groups excluding carboxylic acids is 1. The van der Waals surface area contributed by atoms with Crippen molar-refractivity contribution < 1.29 is 4.79 Å². The highest BCUT2D eigenvalue weighted by Gasteiger charge is 2.12. The van der Waals surface area contributed by atoms with Gasteiger partial charge in [0.05, 0.1) is 17.6 Å². The van der Waals surface area contributed by atoms with Gasteiger partial charge in [0.2, 0.25) is 0 Å². The van der Waals surface area contributed by atoms with E-state index in [9.17, 15) is 4.79 Å². The molecule has 0 aliphatic carbocycles. The van der Waals surface area contributed by atoms with Crippen molar-refractivity contribution in [3.05, 3.63) is 99.8 Å². The number of unbranched alkanes of at least 4 members (excludes halogenated alkanes) is 2. The maximum atomic E-state index is 12.1. The van der Waals surface area contributed by atoms with Crippen molar-refractivity contribution in [2.45, 2.75) is 32.2 Å². The summed E-state index contributed by atoms with van der Waals surface area (Å²) in [5.74, 6) is 1.03. The molecule has 0 atom stereocenters. The normalized spacial score (nSPS) is 11.1. The first kappa shape index (κ1) is 22.4. The molecule has 1 aromatic heterocycles. The van der Waals surface area contributed by atoms with Crippen LogP contribution in [0.4, 0.5) is 0 Å². The molecule has 0 fully saturated rings. The fraction of sp³-hybridized carbons (Fsp3) is 0.231. The molecule has 4 nitrogen and oxygen atoms in total. The number of imidazole rings is 1. The van der Waals surface area contributed by atoms with Crippen LogP contribution in [0.25, 0.3) is 11.0 Å². The lowest BCUT2D eigenvalue weighted by molar-refractivity contribution is 0.0953. The van der Waals surface area contributed by atoms with E-state index in [4.69, 9.17) is 28.2 Å². The maximum absolute atomic E-state index is 12.1. The standard InChI is InChI=1S/C26H25Cl2N3O/c27-21-15-14-20(22(28)17-21)18-31-24-12-7-6-11-23(24)30-25(31)13-5-2-8-16-29-26(32)19-9-3-1-4-10-19/h1,3-4,6-7,9-12,14-15,17H,2,5,8,13,16,18H2,(H,29,32). The summed E-state index contributed by atoms with van der Waals surface area (Å²) in [4.78, 5) is 17.0. The molecule has 1 N–H and O–H groups in total. The number of hydrogen-bond acceptors (Lipinski definition) is 2. The highest BCUT2D eigenvalue weighted by molar-refractivity contribution is 6.35. The fourth-order valence-electron chi connectivity index (χ4n) is 3.79. The molecular formula is C26H25Cl2N3O. The summed E-state index contributed by atoms with van der Waals surface area (Å²) < 4.78 is 2.24. The molecule has 4 aromatic rings. The van der Waals surface area contributed by atoms with Crippen molar-refractivity contribution in [3.8, 4) is 0 Å². The minimum atomic E-state index is -0.0211. The van der Waals surface area contributed by atoms with Gasteiger partial charge in [-0.05, 0) is 54.8 Å². The summed E-state index contributed by atoms with van der Waals surface area (Å²) in [6, 6.07) is 23.1. The van der Waals surface area contributed by atoms with E-state index in [-0.39, 0.29) is 5.91 Å². The molecule has 0 spiro atoms. The molecule has 0 aliphatic heterocycles. The molecule has 0 aliphatic rings. The minimum Gasteiger partial charge on any atom is -0.352 e. The van der Waals surface area contributed by atoms with Crippen LogP contribution in [-0.4, -0.2) is 22.0 Å². The topological polar surface area (TPSA) is 46.9 Å². The van der Waals surface area contributed by atoms with Crippen LogP contribution in [-0.2, 0) is 13.0 Å². The van der Waals surface area contributed by atoms with E-state index in [0.29, 0.717) is 28.7 Å². The Balaban J connectivity index is 1.35. The minimum absolute atomic E-state index is 0.0211. The highest BCUT2D eigenvalue weighted by atomic mass is 35.5. The van der Waals surface area contributed by atoms with E-state index in [1.807, 2.05) is 60.7 Å². The van der Waals surface area contributed by atoms with Crippen LogP contribution in [0, 0.1) is 0 Å². The molecule has 164 valence electrons. The summed E-state index contributed by atoms with van der Waals surface area (Å²) in [5.41, 5.74) is 3.80. The monoisotopic (exact) mass is 465 g/mol. The number of para-hydroxylation sites is 2. The Kier molecular flexibility index (Phi) is 7.46. The number of hydrogen-bond donors (Lipinski definition) is 1. The lowest BCUT2D eigenvalue weighted by Crippen LogP contribution is -2.24. The van der Waals surface area contributed by atoms with E-state index in [1.54, 1.807) is 6.07 Å². The van der Waals surface area contributed by atoms with Crippen molar-refractivity contribution >= 4 is 40.1 Å². The Morgan fingerprint density at radius 2 is 1.69 bits per heavy atom. The molecule has 6 heteroatoms. The van der Waals surface area contributed by atoms with Gasteiger partial charge >= 0.3 is 0 Å². The Hall–Kier alpha value is -2.82. The molecule has 0 radical (unpaired) electrons. The van der Waals surface area contributed by atoms with Crippen LogP contribution in [0.3, 0.4) is 0 Å². The van der Waals surface area contributed by atoms with Gasteiger partial charge in [-0.25, -0.2) is 4.98 Å². The summed E-state index contributed by atoms with van der Waals surface area (Å²) in [6.45, 7) is 1.32. The average Bonchev–Trinajstić information content (AvgIpc) is 3.15. The van der Waals surface area contributed by atoms with E-state index in [0.717, 1.165) is 48.1 Å². The van der Waals surface area contributed by atoms with Crippen LogP contribution in [0.2, 0.25) is 10.0 Å². The van der Waals surface area contributed by atoms with Crippen LogP contribution in [0.1, 0.15) is 41.0 Å². The highest BCUT2D eigenvalue weighted by Crippen LogP contribution is 2.25. The molecule has 32 heavy (non-hydrogen) atoms. The van der Waals surface area contributed by atoms with Gasteiger partial charge in [0.25, 0.3) is 5.91 Å². The van der Waals surface area contributed by atoms with Crippen LogP contribution >= 0.6 is 23.2 Å². The lowest BCUT2D eigenvalue weighted by Gasteiger charge is -2.11. The van der Waals surface area contributed by atoms with Gasteiger partial charge in [-0.3, -0.25) is 4.79 Å². The number of carbonyl (C=O) groups is 1. The number of benzene rings is 3. The Labute approximate surface area is 198 Å². The van der Waals surface area contributed by atoms with Gasteiger partial charge in [-0.2, -0.15) is 0 Å². The van der Waals surface area contributed by atoms with Crippen molar-refractivity contribution in [1.82, 2.24) is 14.9 Å². The summed E-state index contributed by atoms with van der Waals surface area (Å²) in [7, 11) is 0. The van der Waals surface area contributed by atoms with E-state index >= 15 is 0 Å². The second-order valence-electron chi connectivity index (χ2n) is 7.77. The SMILES string of the molecule is O=C(NCCCCCc1nc2ccccc2n1Cc1ccc(Cl)cc1Cl)c1ccccc1. The maximum Gasteiger partial charge on any atom is 0.251 e. The number of rotatable bonds is 9. The molecule has 3 aromatic carbocycles. The number of nitrogens with one attached hydrogen (secondary N) is 1. The summed E-state index contributed by atoms with van der Waals surface area (Å²) in [6.07, 6.45) is 3.81. The van der Waals surface area contributed by atoms with Crippen LogP contribution in [0.15, 0.2) is 72.8 Å². The quantitative estimate of drug-likeness (QED) is 0.285. The third-order valence-corrected chi connectivity index (χ3v) is 6.06. The second-order valence-corrected chi connectivity index (χ2v) is 8.61. The number of amides is 1. The summed E-state index contributed by atoms with van der Waals surface area (Å²) in [5, 5.41) is 4.28. The third kappa shape index (κ3) is 5.50. The fourth-order valence-corrected chi connectivity index (χ4v) is 4.26.